The monoisotopic (exact) mass is 532 g/mol. The largest absolute Gasteiger partial charge is 0.406 e. The van der Waals surface area contributed by atoms with Crippen molar-refractivity contribution in [2.45, 2.75) is 69.1 Å². The van der Waals surface area contributed by atoms with E-state index >= 15 is 0 Å². The van der Waals surface area contributed by atoms with Crippen LogP contribution in [-0.2, 0) is 11.2 Å². The highest BCUT2D eigenvalue weighted by Gasteiger charge is 2.57. The first-order valence-corrected chi connectivity index (χ1v) is 13.4. The molecule has 2 N–H and O–H groups in total. The van der Waals surface area contributed by atoms with Crippen molar-refractivity contribution < 1.29 is 22.4 Å². The molecule has 1 amide bonds. The maximum absolute atomic E-state index is 14.8. The Morgan fingerprint density at radius 3 is 2.39 bits per heavy atom. The Bertz CT molecular complexity index is 1170. The number of nitrogens with one attached hydrogen (secondary N) is 2. The zero-order valence-corrected chi connectivity index (χ0v) is 22.2. The first kappa shape index (κ1) is 26.8. The van der Waals surface area contributed by atoms with Gasteiger partial charge in [0.25, 0.3) is 5.91 Å². The highest BCUT2D eigenvalue weighted by atomic mass is 19.4. The van der Waals surface area contributed by atoms with Gasteiger partial charge in [0.2, 0.25) is 0 Å². The van der Waals surface area contributed by atoms with Crippen LogP contribution in [0.3, 0.4) is 0 Å². The number of aryl methyl sites for hydroxylation is 1. The molecular weight excluding hydrogens is 496 g/mol. The Kier molecular flexibility index (Phi) is 6.86. The second-order valence-corrected chi connectivity index (χ2v) is 11.4. The summed E-state index contributed by atoms with van der Waals surface area (Å²) in [6.07, 6.45) is -0.202. The molecular formula is C29H36F4N4O. The molecule has 2 aromatic carbocycles. The molecule has 5 rings (SSSR count). The van der Waals surface area contributed by atoms with Crippen LogP contribution in [0.4, 0.5) is 34.6 Å². The minimum absolute atomic E-state index is 0.0298. The van der Waals surface area contributed by atoms with Crippen LogP contribution in [0.5, 0.6) is 0 Å². The van der Waals surface area contributed by atoms with Crippen molar-refractivity contribution in [3.63, 3.8) is 0 Å². The fraction of sp³-hybridized carbons (Fsp3) is 0.552. The molecule has 1 saturated heterocycles. The standard InChI is InChI=1S/C29H36F4N4O/c1-19-11-12-24(30)23-18-28(35-25(19)23,20-7-4-5-8-20)26(38)34-21-9-6-10-22(17-21)37-15-13-27(14-16-37,36(2)3)29(31,32)33/h6,9-12,17,20,35H,4-5,7-8,13-16,18H2,1-3H3,(H,34,38). The number of amides is 1. The molecule has 0 spiro atoms. The number of piperidine rings is 1. The minimum Gasteiger partial charge on any atom is -0.371 e. The van der Waals surface area contributed by atoms with E-state index in [1.807, 2.05) is 30.0 Å². The summed E-state index contributed by atoms with van der Waals surface area (Å²) in [5, 5.41) is 6.53. The molecule has 2 heterocycles. The summed E-state index contributed by atoms with van der Waals surface area (Å²) < 4.78 is 56.5. The van der Waals surface area contributed by atoms with Crippen LogP contribution in [0.2, 0.25) is 0 Å². The molecule has 9 heteroatoms. The van der Waals surface area contributed by atoms with Gasteiger partial charge < -0.3 is 15.5 Å². The zero-order valence-electron chi connectivity index (χ0n) is 22.2. The lowest BCUT2D eigenvalue weighted by molar-refractivity contribution is -0.231. The highest BCUT2D eigenvalue weighted by Crippen LogP contribution is 2.47. The van der Waals surface area contributed by atoms with Gasteiger partial charge in [-0.25, -0.2) is 4.39 Å². The predicted molar refractivity (Wildman–Crippen MR) is 142 cm³/mol. The molecule has 2 fully saturated rings. The molecule has 2 aromatic rings. The Morgan fingerprint density at radius 1 is 1.11 bits per heavy atom. The zero-order chi connectivity index (χ0) is 27.3. The van der Waals surface area contributed by atoms with Gasteiger partial charge >= 0.3 is 6.18 Å². The lowest BCUT2D eigenvalue weighted by Gasteiger charge is -2.47. The van der Waals surface area contributed by atoms with E-state index in [0.717, 1.165) is 36.9 Å². The number of hydrogen-bond donors (Lipinski definition) is 2. The number of anilines is 3. The van der Waals surface area contributed by atoms with Crippen molar-refractivity contribution in [3.8, 4) is 0 Å². The number of benzene rings is 2. The van der Waals surface area contributed by atoms with Gasteiger partial charge in [-0.15, -0.1) is 0 Å². The topological polar surface area (TPSA) is 47.6 Å². The van der Waals surface area contributed by atoms with E-state index in [1.165, 1.54) is 25.1 Å². The molecule has 2 aliphatic heterocycles. The summed E-state index contributed by atoms with van der Waals surface area (Å²) in [5.74, 6) is -0.412. The van der Waals surface area contributed by atoms with E-state index in [1.54, 1.807) is 12.1 Å². The quantitative estimate of drug-likeness (QED) is 0.455. The highest BCUT2D eigenvalue weighted by molar-refractivity contribution is 6.02. The molecule has 0 aromatic heterocycles. The third-order valence-electron chi connectivity index (χ3n) is 9.17. The lowest BCUT2D eigenvalue weighted by atomic mass is 9.79. The van der Waals surface area contributed by atoms with Gasteiger partial charge in [0.05, 0.1) is 0 Å². The van der Waals surface area contributed by atoms with Crippen molar-refractivity contribution in [3.05, 3.63) is 53.3 Å². The number of carbonyl (C=O) groups is 1. The second-order valence-electron chi connectivity index (χ2n) is 11.4. The van der Waals surface area contributed by atoms with Crippen molar-refractivity contribution in [2.24, 2.45) is 5.92 Å². The molecule has 38 heavy (non-hydrogen) atoms. The predicted octanol–water partition coefficient (Wildman–Crippen LogP) is 6.13. The molecule has 5 nitrogen and oxygen atoms in total. The molecule has 0 bridgehead atoms. The third kappa shape index (κ3) is 4.42. The minimum atomic E-state index is -4.31. The summed E-state index contributed by atoms with van der Waals surface area (Å²) in [5.41, 5.74) is 0.766. The van der Waals surface area contributed by atoms with Gasteiger partial charge in [0.15, 0.2) is 0 Å². The van der Waals surface area contributed by atoms with Crippen LogP contribution in [0, 0.1) is 18.7 Å². The number of alkyl halides is 3. The van der Waals surface area contributed by atoms with E-state index in [2.05, 4.69) is 10.6 Å². The van der Waals surface area contributed by atoms with Crippen molar-refractivity contribution >= 4 is 23.0 Å². The molecule has 3 aliphatic rings. The number of rotatable bonds is 5. The fourth-order valence-electron chi connectivity index (χ4n) is 6.76. The Morgan fingerprint density at radius 2 is 1.79 bits per heavy atom. The number of halogens is 4. The average molecular weight is 533 g/mol. The van der Waals surface area contributed by atoms with Gasteiger partial charge in [0.1, 0.15) is 16.9 Å². The third-order valence-corrected chi connectivity index (χ3v) is 9.17. The van der Waals surface area contributed by atoms with E-state index in [9.17, 15) is 22.4 Å². The van der Waals surface area contributed by atoms with Gasteiger partial charge in [0, 0.05) is 42.1 Å². The number of hydrogen-bond acceptors (Lipinski definition) is 4. The van der Waals surface area contributed by atoms with Gasteiger partial charge in [-0.2, -0.15) is 13.2 Å². The summed E-state index contributed by atoms with van der Waals surface area (Å²) in [6, 6.07) is 10.5. The number of carbonyl (C=O) groups excluding carboxylic acids is 1. The smallest absolute Gasteiger partial charge is 0.371 e. The molecule has 1 saturated carbocycles. The molecule has 1 aliphatic carbocycles. The Balaban J connectivity index is 1.36. The average Bonchev–Trinajstić information content (AvgIpc) is 3.56. The number of fused-ring (bicyclic) bond motifs is 1. The maximum atomic E-state index is 14.8. The van der Waals surface area contributed by atoms with Crippen LogP contribution in [0.1, 0.15) is 49.7 Å². The molecule has 1 unspecified atom stereocenters. The molecule has 1 atom stereocenters. The van der Waals surface area contributed by atoms with Crippen LogP contribution in [0.15, 0.2) is 36.4 Å². The Hall–Kier alpha value is -2.81. The summed E-state index contributed by atoms with van der Waals surface area (Å²) in [6.45, 7) is 2.44. The summed E-state index contributed by atoms with van der Waals surface area (Å²) in [4.78, 5) is 17.2. The van der Waals surface area contributed by atoms with Crippen LogP contribution in [0.25, 0.3) is 0 Å². The van der Waals surface area contributed by atoms with E-state index in [4.69, 9.17) is 0 Å². The number of nitrogens with zero attached hydrogens (tertiary/aromatic N) is 2. The van der Waals surface area contributed by atoms with Crippen LogP contribution >= 0.6 is 0 Å². The maximum Gasteiger partial charge on any atom is 0.406 e. The molecule has 0 radical (unpaired) electrons. The lowest BCUT2D eigenvalue weighted by Crippen LogP contribution is -2.61. The second kappa shape index (κ2) is 9.74. The SMILES string of the molecule is Cc1ccc(F)c2c1NC(C(=O)Nc1cccc(N3CCC(N(C)C)(C(F)(F)F)CC3)c1)(C1CCCC1)C2. The first-order valence-electron chi connectivity index (χ1n) is 13.4. The van der Waals surface area contributed by atoms with E-state index in [0.29, 0.717) is 23.4 Å². The van der Waals surface area contributed by atoms with E-state index in [-0.39, 0.29) is 43.6 Å². The van der Waals surface area contributed by atoms with E-state index < -0.39 is 17.3 Å². The summed E-state index contributed by atoms with van der Waals surface area (Å²) in [7, 11) is 2.98. The van der Waals surface area contributed by atoms with Gasteiger partial charge in [-0.05, 0) is 82.4 Å². The Labute approximate surface area is 221 Å². The first-order chi connectivity index (χ1) is 18.0. The van der Waals surface area contributed by atoms with Crippen LogP contribution in [-0.4, -0.2) is 55.2 Å². The molecule has 206 valence electrons. The van der Waals surface area contributed by atoms with Crippen molar-refractivity contribution in [2.75, 3.05) is 42.7 Å². The van der Waals surface area contributed by atoms with Gasteiger partial charge in [-0.3, -0.25) is 9.69 Å². The van der Waals surface area contributed by atoms with Crippen molar-refractivity contribution in [1.82, 2.24) is 4.90 Å². The fourth-order valence-corrected chi connectivity index (χ4v) is 6.76. The normalized spacial score (nSPS) is 23.4. The van der Waals surface area contributed by atoms with Crippen LogP contribution < -0.4 is 15.5 Å². The summed E-state index contributed by atoms with van der Waals surface area (Å²) >= 11 is 0. The van der Waals surface area contributed by atoms with Crippen molar-refractivity contribution in [1.29, 1.82) is 0 Å². The van der Waals surface area contributed by atoms with Gasteiger partial charge in [-0.1, -0.05) is 25.0 Å².